The standard InChI is InChI=1S/C6H15N.H3N/c1-4-7(5-2)6-3;/h4-6H2,1-3H3;1H3/p+1. The van der Waals surface area contributed by atoms with Gasteiger partial charge in [0.1, 0.15) is 0 Å². The molecule has 0 aliphatic rings. The van der Waals surface area contributed by atoms with Crippen LogP contribution in [-0.2, 0) is 0 Å². The molecular formula is C6H19N2+. The molecule has 0 fully saturated rings. The van der Waals surface area contributed by atoms with E-state index in [0.717, 1.165) is 0 Å². The van der Waals surface area contributed by atoms with Crippen LogP contribution in [0.25, 0.3) is 0 Å². The Balaban J connectivity index is 0. The quantitative estimate of drug-likeness (QED) is 0.603. The Kier molecular flexibility index (Phi) is 9.36. The molecule has 0 rings (SSSR count). The second-order valence-corrected chi connectivity index (χ2v) is 1.62. The molecule has 0 unspecified atom stereocenters. The molecule has 0 heterocycles. The van der Waals surface area contributed by atoms with E-state index in [1.165, 1.54) is 19.6 Å². The monoisotopic (exact) mass is 119 g/mol. The summed E-state index contributed by atoms with van der Waals surface area (Å²) in [4.78, 5) is 2.38. The summed E-state index contributed by atoms with van der Waals surface area (Å²) < 4.78 is 0. The number of hydrogen-bond donors (Lipinski definition) is 1. The fraction of sp³-hybridized carbons (Fsp3) is 1.00. The molecule has 0 bridgehead atoms. The van der Waals surface area contributed by atoms with Crippen LogP contribution >= 0.6 is 0 Å². The van der Waals surface area contributed by atoms with E-state index in [4.69, 9.17) is 0 Å². The van der Waals surface area contributed by atoms with E-state index in [-0.39, 0.29) is 6.15 Å². The number of nitrogens with zero attached hydrogens (tertiary/aromatic N) is 1. The molecule has 0 amide bonds. The van der Waals surface area contributed by atoms with E-state index in [9.17, 15) is 0 Å². The maximum Gasteiger partial charge on any atom is -0.00474 e. The molecule has 2 heteroatoms. The molecule has 8 heavy (non-hydrogen) atoms. The third-order valence-corrected chi connectivity index (χ3v) is 1.34. The summed E-state index contributed by atoms with van der Waals surface area (Å²) in [5.74, 6) is 0. The first-order valence-electron chi connectivity index (χ1n) is 3.07. The first-order chi connectivity index (χ1) is 3.35. The predicted molar refractivity (Wildman–Crippen MR) is 39.4 cm³/mol. The van der Waals surface area contributed by atoms with Gasteiger partial charge in [0.05, 0.1) is 0 Å². The van der Waals surface area contributed by atoms with Crippen LogP contribution in [0.1, 0.15) is 20.8 Å². The van der Waals surface area contributed by atoms with E-state index in [1.807, 2.05) is 0 Å². The summed E-state index contributed by atoms with van der Waals surface area (Å²) >= 11 is 0. The first-order valence-corrected chi connectivity index (χ1v) is 3.07. The Bertz CT molecular complexity index is 28.0. The highest BCUT2D eigenvalue weighted by atomic mass is 15.1. The first kappa shape index (κ1) is 10.8. The van der Waals surface area contributed by atoms with E-state index < -0.39 is 0 Å². The lowest BCUT2D eigenvalue weighted by molar-refractivity contribution is 0.321. The van der Waals surface area contributed by atoms with Crippen LogP contribution in [-0.4, -0.2) is 24.5 Å². The molecule has 52 valence electrons. The van der Waals surface area contributed by atoms with Crippen LogP contribution in [0.5, 0.6) is 0 Å². The van der Waals surface area contributed by atoms with E-state index in [0.29, 0.717) is 0 Å². The fourth-order valence-corrected chi connectivity index (χ4v) is 0.671. The molecule has 0 radical (unpaired) electrons. The summed E-state index contributed by atoms with van der Waals surface area (Å²) in [5.41, 5.74) is 0. The third kappa shape index (κ3) is 4.09. The summed E-state index contributed by atoms with van der Waals surface area (Å²) in [6.07, 6.45) is 0. The Hall–Kier alpha value is -0.0800. The van der Waals surface area contributed by atoms with Crippen LogP contribution in [0.4, 0.5) is 0 Å². The summed E-state index contributed by atoms with van der Waals surface area (Å²) in [5, 5.41) is 0. The highest BCUT2D eigenvalue weighted by Crippen LogP contribution is 1.81. The van der Waals surface area contributed by atoms with E-state index in [2.05, 4.69) is 25.7 Å². The van der Waals surface area contributed by atoms with Gasteiger partial charge < -0.3 is 11.1 Å². The fourth-order valence-electron chi connectivity index (χ4n) is 0.671. The van der Waals surface area contributed by atoms with Crippen molar-refractivity contribution in [3.63, 3.8) is 0 Å². The highest BCUT2D eigenvalue weighted by Gasteiger charge is 1.89. The summed E-state index contributed by atoms with van der Waals surface area (Å²) in [6, 6.07) is 0. The maximum atomic E-state index is 2.38. The molecule has 0 saturated carbocycles. The van der Waals surface area contributed by atoms with Gasteiger partial charge in [-0.05, 0) is 19.6 Å². The van der Waals surface area contributed by atoms with Crippen molar-refractivity contribution in [1.82, 2.24) is 11.1 Å². The molecular weight excluding hydrogens is 100 g/mol. The molecule has 0 aliphatic carbocycles. The number of rotatable bonds is 3. The Labute approximate surface area is 52.5 Å². The van der Waals surface area contributed by atoms with Crippen LogP contribution < -0.4 is 6.15 Å². The zero-order valence-corrected chi connectivity index (χ0v) is 6.57. The van der Waals surface area contributed by atoms with Crippen molar-refractivity contribution >= 4 is 0 Å². The van der Waals surface area contributed by atoms with Gasteiger partial charge in [-0.1, -0.05) is 20.8 Å². The predicted octanol–water partition coefficient (Wildman–Crippen LogP) is 1.72. The zero-order chi connectivity index (χ0) is 5.70. The lowest BCUT2D eigenvalue weighted by Gasteiger charge is -2.13. The molecule has 0 aromatic rings. The van der Waals surface area contributed by atoms with Crippen LogP contribution in [0.2, 0.25) is 0 Å². The van der Waals surface area contributed by atoms with Crippen molar-refractivity contribution < 1.29 is 0 Å². The smallest absolute Gasteiger partial charge is 0.00474 e. The third-order valence-electron chi connectivity index (χ3n) is 1.34. The number of hydrogen-bond acceptors (Lipinski definition) is 1. The van der Waals surface area contributed by atoms with E-state index in [1.54, 1.807) is 0 Å². The van der Waals surface area contributed by atoms with Crippen LogP contribution in [0.15, 0.2) is 0 Å². The normalized spacial score (nSPS) is 9.00. The van der Waals surface area contributed by atoms with Gasteiger partial charge in [-0.15, -0.1) is 0 Å². The van der Waals surface area contributed by atoms with Crippen molar-refractivity contribution in [2.75, 3.05) is 19.6 Å². The maximum absolute atomic E-state index is 2.38. The van der Waals surface area contributed by atoms with Crippen molar-refractivity contribution in [1.29, 1.82) is 0 Å². The molecule has 0 aliphatic heterocycles. The molecule has 0 spiro atoms. The van der Waals surface area contributed by atoms with Gasteiger partial charge >= 0.3 is 0 Å². The highest BCUT2D eigenvalue weighted by molar-refractivity contribution is 4.43. The SMILES string of the molecule is CCN(CC)CC.[NH4+]. The lowest BCUT2D eigenvalue weighted by Crippen LogP contribution is -2.21. The number of quaternary nitrogens is 1. The van der Waals surface area contributed by atoms with Gasteiger partial charge in [0.2, 0.25) is 0 Å². The van der Waals surface area contributed by atoms with Crippen molar-refractivity contribution in [2.45, 2.75) is 20.8 Å². The van der Waals surface area contributed by atoms with Gasteiger partial charge in [0.25, 0.3) is 0 Å². The van der Waals surface area contributed by atoms with Crippen LogP contribution in [0, 0.1) is 0 Å². The Morgan fingerprint density at radius 2 is 1.12 bits per heavy atom. The van der Waals surface area contributed by atoms with Gasteiger partial charge in [-0.25, -0.2) is 0 Å². The van der Waals surface area contributed by atoms with Gasteiger partial charge in [-0.2, -0.15) is 0 Å². The second kappa shape index (κ2) is 6.92. The zero-order valence-electron chi connectivity index (χ0n) is 6.57. The largest absolute Gasteiger partial charge is 0.369 e. The van der Waals surface area contributed by atoms with E-state index >= 15 is 0 Å². The summed E-state index contributed by atoms with van der Waals surface area (Å²) in [6.45, 7) is 10.1. The minimum absolute atomic E-state index is 0. The molecule has 4 N–H and O–H groups in total. The van der Waals surface area contributed by atoms with Gasteiger partial charge in [0.15, 0.2) is 0 Å². The van der Waals surface area contributed by atoms with Crippen LogP contribution in [0.3, 0.4) is 0 Å². The van der Waals surface area contributed by atoms with Crippen molar-refractivity contribution in [2.24, 2.45) is 0 Å². The minimum atomic E-state index is 0. The molecule has 0 atom stereocenters. The average molecular weight is 119 g/mol. The molecule has 2 nitrogen and oxygen atoms in total. The topological polar surface area (TPSA) is 39.7 Å². The van der Waals surface area contributed by atoms with Crippen molar-refractivity contribution in [3.05, 3.63) is 0 Å². The van der Waals surface area contributed by atoms with Crippen molar-refractivity contribution in [3.8, 4) is 0 Å². The lowest BCUT2D eigenvalue weighted by atomic mass is 10.5. The second-order valence-electron chi connectivity index (χ2n) is 1.62. The summed E-state index contributed by atoms with van der Waals surface area (Å²) in [7, 11) is 0. The molecule has 0 aromatic carbocycles. The molecule has 0 saturated heterocycles. The van der Waals surface area contributed by atoms with Gasteiger partial charge in [-0.3, -0.25) is 0 Å². The Morgan fingerprint density at radius 3 is 1.12 bits per heavy atom. The average Bonchev–Trinajstić information content (AvgIpc) is 1.72. The Morgan fingerprint density at radius 1 is 0.875 bits per heavy atom. The van der Waals surface area contributed by atoms with Gasteiger partial charge in [0, 0.05) is 0 Å². The molecule has 0 aromatic heterocycles. The minimum Gasteiger partial charge on any atom is -0.369 e.